The van der Waals surface area contributed by atoms with Crippen LogP contribution in [0.25, 0.3) is 0 Å². The Morgan fingerprint density at radius 1 is 1.56 bits per heavy atom. The highest BCUT2D eigenvalue weighted by Crippen LogP contribution is 2.08. The van der Waals surface area contributed by atoms with Crippen LogP contribution in [-0.4, -0.2) is 29.2 Å². The van der Waals surface area contributed by atoms with Gasteiger partial charge in [0.15, 0.2) is 0 Å². The minimum Gasteiger partial charge on any atom is -0.497 e. The number of imidazole rings is 1. The summed E-state index contributed by atoms with van der Waals surface area (Å²) in [6, 6.07) is 0. The van der Waals surface area contributed by atoms with E-state index in [1.165, 1.54) is 0 Å². The van der Waals surface area contributed by atoms with E-state index >= 15 is 0 Å². The van der Waals surface area contributed by atoms with Gasteiger partial charge in [-0.05, 0) is 31.9 Å². The van der Waals surface area contributed by atoms with Crippen molar-refractivity contribution in [2.75, 3.05) is 13.1 Å². The van der Waals surface area contributed by atoms with Crippen LogP contribution in [-0.2, 0) is 11.2 Å². The zero-order valence-corrected chi connectivity index (χ0v) is 9.48. The fraction of sp³-hybridized carbons (Fsp3) is 0.583. The van der Waals surface area contributed by atoms with Gasteiger partial charge in [-0.3, -0.25) is 0 Å². The summed E-state index contributed by atoms with van der Waals surface area (Å²) in [6.07, 6.45) is 12.3. The number of rotatable bonds is 6. The largest absolute Gasteiger partial charge is 0.497 e. The van der Waals surface area contributed by atoms with E-state index in [2.05, 4.69) is 21.4 Å². The van der Waals surface area contributed by atoms with Gasteiger partial charge in [0.25, 0.3) is 0 Å². The van der Waals surface area contributed by atoms with Crippen LogP contribution in [0.4, 0.5) is 0 Å². The monoisotopic (exact) mass is 221 g/mol. The average molecular weight is 221 g/mol. The molecule has 0 radical (unpaired) electrons. The predicted octanol–water partition coefficient (Wildman–Crippen LogP) is 1.62. The minimum absolute atomic E-state index is 0.355. The fourth-order valence-electron chi connectivity index (χ4n) is 1.81. The third-order valence-corrected chi connectivity index (χ3v) is 2.72. The van der Waals surface area contributed by atoms with E-state index in [9.17, 15) is 0 Å². The smallest absolute Gasteiger partial charge is 0.110 e. The number of H-pyrrole nitrogens is 1. The lowest BCUT2D eigenvalue weighted by atomic mass is 10.1. The second-order valence-electron chi connectivity index (χ2n) is 4.05. The van der Waals surface area contributed by atoms with Crippen LogP contribution in [0.15, 0.2) is 24.7 Å². The van der Waals surface area contributed by atoms with Crippen LogP contribution in [0.5, 0.6) is 0 Å². The molecule has 1 unspecified atom stereocenters. The first-order valence-electron chi connectivity index (χ1n) is 5.94. The first-order valence-corrected chi connectivity index (χ1v) is 5.94. The second kappa shape index (κ2) is 6.33. The summed E-state index contributed by atoms with van der Waals surface area (Å²) in [5.74, 6) is 1.07. The zero-order chi connectivity index (χ0) is 11.1. The molecule has 0 fully saturated rings. The Labute approximate surface area is 96.1 Å². The average Bonchev–Trinajstić information content (AvgIpc) is 2.83. The maximum Gasteiger partial charge on any atom is 0.110 e. The van der Waals surface area contributed by atoms with Gasteiger partial charge < -0.3 is 15.0 Å². The Balaban J connectivity index is 1.50. The van der Waals surface area contributed by atoms with Crippen LogP contribution in [0, 0.1) is 0 Å². The molecule has 0 aliphatic carbocycles. The van der Waals surface area contributed by atoms with Crippen molar-refractivity contribution >= 4 is 0 Å². The lowest BCUT2D eigenvalue weighted by Crippen LogP contribution is -2.29. The van der Waals surface area contributed by atoms with E-state index in [1.54, 1.807) is 6.20 Å². The Morgan fingerprint density at radius 3 is 3.31 bits per heavy atom. The summed E-state index contributed by atoms with van der Waals surface area (Å²) in [5.41, 5.74) is 0. The molecule has 1 aliphatic rings. The molecule has 1 aliphatic heterocycles. The summed E-state index contributed by atoms with van der Waals surface area (Å²) >= 11 is 0. The van der Waals surface area contributed by atoms with Crippen molar-refractivity contribution in [2.45, 2.75) is 31.8 Å². The number of aryl methyl sites for hydroxylation is 1. The van der Waals surface area contributed by atoms with Gasteiger partial charge in [-0.25, -0.2) is 4.98 Å². The number of aromatic amines is 1. The van der Waals surface area contributed by atoms with Crippen LogP contribution in [0.2, 0.25) is 0 Å². The number of ether oxygens (including phenoxy) is 1. The van der Waals surface area contributed by atoms with E-state index in [-0.39, 0.29) is 0 Å². The molecule has 4 nitrogen and oxygen atoms in total. The van der Waals surface area contributed by atoms with Gasteiger partial charge in [0.2, 0.25) is 0 Å². The predicted molar refractivity (Wildman–Crippen MR) is 63.0 cm³/mol. The van der Waals surface area contributed by atoms with Crippen molar-refractivity contribution in [1.29, 1.82) is 0 Å². The normalized spacial score (nSPS) is 19.6. The number of allylic oxidation sites excluding steroid dienone is 1. The molecule has 4 heteroatoms. The van der Waals surface area contributed by atoms with E-state index in [4.69, 9.17) is 4.74 Å². The molecule has 0 saturated carbocycles. The highest BCUT2D eigenvalue weighted by molar-refractivity contribution is 4.87. The quantitative estimate of drug-likeness (QED) is 0.718. The molecule has 2 N–H and O–H groups in total. The lowest BCUT2D eigenvalue weighted by molar-refractivity contribution is 0.122. The summed E-state index contributed by atoms with van der Waals surface area (Å²) in [7, 11) is 0. The Bertz CT molecular complexity index is 308. The van der Waals surface area contributed by atoms with E-state index in [1.807, 2.05) is 12.5 Å². The van der Waals surface area contributed by atoms with Crippen molar-refractivity contribution in [1.82, 2.24) is 15.3 Å². The minimum atomic E-state index is 0.355. The zero-order valence-electron chi connectivity index (χ0n) is 9.48. The van der Waals surface area contributed by atoms with Gasteiger partial charge in [0.05, 0.1) is 6.26 Å². The SMILES string of the molecule is C1=COC(CNCCCc2ncc[nH]2)CC1. The maximum absolute atomic E-state index is 5.47. The molecule has 2 rings (SSSR count). The molecule has 0 amide bonds. The third-order valence-electron chi connectivity index (χ3n) is 2.72. The molecule has 0 spiro atoms. The van der Waals surface area contributed by atoms with E-state index < -0.39 is 0 Å². The standard InChI is InChI=1S/C12H19N3O/c1-2-9-16-11(4-1)10-13-6-3-5-12-14-7-8-15-12/h2,7-9,11,13H,1,3-6,10H2,(H,14,15). The first-order chi connectivity index (χ1) is 7.95. The highest BCUT2D eigenvalue weighted by atomic mass is 16.5. The number of hydrogen-bond donors (Lipinski definition) is 2. The van der Waals surface area contributed by atoms with Gasteiger partial charge in [-0.15, -0.1) is 0 Å². The van der Waals surface area contributed by atoms with Crippen molar-refractivity contribution in [3.8, 4) is 0 Å². The number of nitrogens with zero attached hydrogens (tertiary/aromatic N) is 1. The summed E-state index contributed by atoms with van der Waals surface area (Å²) < 4.78 is 5.47. The van der Waals surface area contributed by atoms with Crippen molar-refractivity contribution in [2.24, 2.45) is 0 Å². The van der Waals surface area contributed by atoms with E-state index in [0.29, 0.717) is 6.10 Å². The van der Waals surface area contributed by atoms with Crippen molar-refractivity contribution in [3.05, 3.63) is 30.6 Å². The molecule has 0 bridgehead atoms. The van der Waals surface area contributed by atoms with Gasteiger partial charge >= 0.3 is 0 Å². The summed E-state index contributed by atoms with van der Waals surface area (Å²) in [5, 5.41) is 3.42. The molecule has 2 heterocycles. The number of nitrogens with one attached hydrogen (secondary N) is 2. The molecule has 0 saturated heterocycles. The maximum atomic E-state index is 5.47. The van der Waals surface area contributed by atoms with Crippen molar-refractivity contribution in [3.63, 3.8) is 0 Å². The lowest BCUT2D eigenvalue weighted by Gasteiger charge is -2.19. The van der Waals surface area contributed by atoms with Crippen LogP contribution in [0.3, 0.4) is 0 Å². The molecule has 1 aromatic heterocycles. The number of aromatic nitrogens is 2. The van der Waals surface area contributed by atoms with E-state index in [0.717, 1.165) is 44.6 Å². The Morgan fingerprint density at radius 2 is 2.56 bits per heavy atom. The molecule has 1 atom stereocenters. The second-order valence-corrected chi connectivity index (χ2v) is 4.05. The Kier molecular flexibility index (Phi) is 4.43. The van der Waals surface area contributed by atoms with Crippen LogP contribution >= 0.6 is 0 Å². The van der Waals surface area contributed by atoms with Gasteiger partial charge in [0, 0.05) is 25.4 Å². The molecule has 1 aromatic rings. The number of hydrogen-bond acceptors (Lipinski definition) is 3. The van der Waals surface area contributed by atoms with Gasteiger partial charge in [-0.2, -0.15) is 0 Å². The highest BCUT2D eigenvalue weighted by Gasteiger charge is 2.09. The molecular formula is C12H19N3O. The molecular weight excluding hydrogens is 202 g/mol. The first kappa shape index (κ1) is 11.2. The molecule has 0 aromatic carbocycles. The van der Waals surface area contributed by atoms with Crippen molar-refractivity contribution < 1.29 is 4.74 Å². The summed E-state index contributed by atoms with van der Waals surface area (Å²) in [6.45, 7) is 1.97. The van der Waals surface area contributed by atoms with Crippen LogP contribution in [0.1, 0.15) is 25.1 Å². The Hall–Kier alpha value is -1.29. The molecule has 88 valence electrons. The third kappa shape index (κ3) is 3.70. The summed E-state index contributed by atoms with van der Waals surface area (Å²) in [4.78, 5) is 7.29. The fourth-order valence-corrected chi connectivity index (χ4v) is 1.81. The van der Waals surface area contributed by atoms with Gasteiger partial charge in [-0.1, -0.05) is 0 Å². The molecule has 16 heavy (non-hydrogen) atoms. The van der Waals surface area contributed by atoms with Crippen LogP contribution < -0.4 is 5.32 Å². The topological polar surface area (TPSA) is 49.9 Å². The van der Waals surface area contributed by atoms with Gasteiger partial charge in [0.1, 0.15) is 11.9 Å².